The van der Waals surface area contributed by atoms with E-state index in [1.165, 1.54) is 0 Å². The van der Waals surface area contributed by atoms with Crippen LogP contribution < -0.4 is 11.1 Å². The predicted molar refractivity (Wildman–Crippen MR) is 68.6 cm³/mol. The Morgan fingerprint density at radius 1 is 1.41 bits per heavy atom. The van der Waals surface area contributed by atoms with E-state index in [-0.39, 0.29) is 17.4 Å². The van der Waals surface area contributed by atoms with Crippen molar-refractivity contribution in [3.05, 3.63) is 0 Å². The number of hydrogen-bond donors (Lipinski definition) is 2. The maximum Gasteiger partial charge on any atom is 0.227 e. The third-order valence-corrected chi connectivity index (χ3v) is 4.46. The first-order valence-corrected chi connectivity index (χ1v) is 6.79. The van der Waals surface area contributed by atoms with Crippen LogP contribution in [0.1, 0.15) is 39.0 Å². The number of amides is 1. The zero-order valence-corrected chi connectivity index (χ0v) is 11.0. The van der Waals surface area contributed by atoms with Gasteiger partial charge in [-0.2, -0.15) is 0 Å². The fourth-order valence-corrected chi connectivity index (χ4v) is 3.18. The molecule has 2 fully saturated rings. The smallest absolute Gasteiger partial charge is 0.227 e. The van der Waals surface area contributed by atoms with Crippen molar-refractivity contribution in [3.8, 4) is 0 Å². The molecule has 1 saturated carbocycles. The average Bonchev–Trinajstić information content (AvgIpc) is 2.76. The normalized spacial score (nSPS) is 38.4. The third kappa shape index (κ3) is 2.63. The van der Waals surface area contributed by atoms with E-state index in [9.17, 15) is 4.79 Å². The van der Waals surface area contributed by atoms with Crippen LogP contribution in [-0.4, -0.2) is 42.5 Å². The first kappa shape index (κ1) is 12.8. The maximum atomic E-state index is 12.5. The fourth-order valence-electron chi connectivity index (χ4n) is 3.18. The molecule has 0 bridgehead atoms. The number of rotatable bonds is 2. The van der Waals surface area contributed by atoms with Crippen LogP contribution in [0.5, 0.6) is 0 Å². The van der Waals surface area contributed by atoms with Crippen LogP contribution in [0.3, 0.4) is 0 Å². The Morgan fingerprint density at radius 2 is 2.18 bits per heavy atom. The molecule has 0 aromatic heterocycles. The van der Waals surface area contributed by atoms with E-state index in [1.54, 1.807) is 0 Å². The highest BCUT2D eigenvalue weighted by Crippen LogP contribution is 2.33. The van der Waals surface area contributed by atoms with E-state index in [0.29, 0.717) is 6.04 Å². The lowest BCUT2D eigenvalue weighted by atomic mass is 9.74. The van der Waals surface area contributed by atoms with Crippen LogP contribution in [0.25, 0.3) is 0 Å². The number of likely N-dealkylation sites (tertiary alicyclic amines) is 1. The number of likely N-dealkylation sites (N-methyl/N-ethyl adjacent to an activating group) is 1. The van der Waals surface area contributed by atoms with E-state index in [2.05, 4.69) is 5.32 Å². The lowest BCUT2D eigenvalue weighted by Crippen LogP contribution is -2.53. The van der Waals surface area contributed by atoms with Crippen LogP contribution in [0, 0.1) is 5.92 Å². The van der Waals surface area contributed by atoms with Gasteiger partial charge >= 0.3 is 0 Å². The van der Waals surface area contributed by atoms with E-state index in [4.69, 9.17) is 5.73 Å². The maximum absolute atomic E-state index is 12.5. The highest BCUT2D eigenvalue weighted by Gasteiger charge is 2.41. The van der Waals surface area contributed by atoms with Gasteiger partial charge in [0, 0.05) is 24.7 Å². The minimum Gasteiger partial charge on any atom is -0.341 e. The molecule has 1 heterocycles. The van der Waals surface area contributed by atoms with Crippen LogP contribution in [0.2, 0.25) is 0 Å². The number of carbonyl (C=O) groups excluding carboxylic acids is 1. The Labute approximate surface area is 104 Å². The van der Waals surface area contributed by atoms with Gasteiger partial charge in [0.1, 0.15) is 0 Å². The van der Waals surface area contributed by atoms with Gasteiger partial charge in [-0.1, -0.05) is 12.8 Å². The molecule has 0 spiro atoms. The molecular formula is C13H25N3O. The summed E-state index contributed by atoms with van der Waals surface area (Å²) >= 11 is 0. The van der Waals surface area contributed by atoms with E-state index < -0.39 is 0 Å². The monoisotopic (exact) mass is 239 g/mol. The lowest BCUT2D eigenvalue weighted by molar-refractivity contribution is -0.137. The minimum atomic E-state index is -0.299. The molecule has 0 radical (unpaired) electrons. The third-order valence-electron chi connectivity index (χ3n) is 4.46. The molecule has 3 unspecified atom stereocenters. The van der Waals surface area contributed by atoms with Gasteiger partial charge < -0.3 is 16.0 Å². The number of nitrogens with one attached hydrogen (secondary N) is 1. The summed E-state index contributed by atoms with van der Waals surface area (Å²) in [6.07, 6.45) is 5.32. The van der Waals surface area contributed by atoms with Gasteiger partial charge in [-0.25, -0.2) is 0 Å². The summed E-state index contributed by atoms with van der Waals surface area (Å²) in [6, 6.07) is 0.464. The molecule has 4 nitrogen and oxygen atoms in total. The van der Waals surface area contributed by atoms with Crippen molar-refractivity contribution in [1.29, 1.82) is 0 Å². The Hall–Kier alpha value is -0.610. The van der Waals surface area contributed by atoms with Crippen molar-refractivity contribution in [1.82, 2.24) is 10.2 Å². The highest BCUT2D eigenvalue weighted by molar-refractivity contribution is 5.80. The molecule has 0 aromatic rings. The average molecular weight is 239 g/mol. The molecule has 1 saturated heterocycles. The second-order valence-electron chi connectivity index (χ2n) is 5.86. The van der Waals surface area contributed by atoms with Crippen molar-refractivity contribution in [2.45, 2.75) is 50.6 Å². The highest BCUT2D eigenvalue weighted by atomic mass is 16.2. The molecule has 3 atom stereocenters. The zero-order chi connectivity index (χ0) is 12.5. The molecule has 2 aliphatic rings. The molecular weight excluding hydrogens is 214 g/mol. The second kappa shape index (κ2) is 4.94. The summed E-state index contributed by atoms with van der Waals surface area (Å²) < 4.78 is 0. The van der Waals surface area contributed by atoms with E-state index in [1.807, 2.05) is 18.9 Å². The van der Waals surface area contributed by atoms with Crippen LogP contribution in [0.15, 0.2) is 0 Å². The van der Waals surface area contributed by atoms with Crippen LogP contribution >= 0.6 is 0 Å². The first-order valence-electron chi connectivity index (χ1n) is 6.79. The Bertz CT molecular complexity index is 290. The van der Waals surface area contributed by atoms with Crippen molar-refractivity contribution in [2.24, 2.45) is 11.7 Å². The zero-order valence-electron chi connectivity index (χ0n) is 11.0. The van der Waals surface area contributed by atoms with Gasteiger partial charge in [0.25, 0.3) is 0 Å². The summed E-state index contributed by atoms with van der Waals surface area (Å²) in [7, 11) is 1.96. The van der Waals surface area contributed by atoms with Crippen LogP contribution in [0.4, 0.5) is 0 Å². The Kier molecular flexibility index (Phi) is 3.73. The van der Waals surface area contributed by atoms with Gasteiger partial charge in [0.2, 0.25) is 5.91 Å². The molecule has 1 aliphatic heterocycles. The van der Waals surface area contributed by atoms with E-state index in [0.717, 1.165) is 45.2 Å². The summed E-state index contributed by atoms with van der Waals surface area (Å²) in [6.45, 7) is 3.78. The minimum absolute atomic E-state index is 0.0341. The van der Waals surface area contributed by atoms with Gasteiger partial charge in [-0.05, 0) is 33.2 Å². The molecule has 2 rings (SSSR count). The van der Waals surface area contributed by atoms with Crippen molar-refractivity contribution < 1.29 is 4.79 Å². The van der Waals surface area contributed by atoms with Crippen molar-refractivity contribution in [2.75, 3.05) is 20.1 Å². The Balaban J connectivity index is 1.99. The number of carbonyl (C=O) groups is 1. The largest absolute Gasteiger partial charge is 0.341 e. The molecule has 0 aromatic carbocycles. The van der Waals surface area contributed by atoms with E-state index >= 15 is 0 Å². The molecule has 1 amide bonds. The van der Waals surface area contributed by atoms with Gasteiger partial charge in [-0.15, -0.1) is 0 Å². The van der Waals surface area contributed by atoms with Crippen molar-refractivity contribution >= 4 is 5.91 Å². The second-order valence-corrected chi connectivity index (χ2v) is 5.86. The lowest BCUT2D eigenvalue weighted by Gasteiger charge is -2.39. The summed E-state index contributed by atoms with van der Waals surface area (Å²) in [5.41, 5.74) is 6.00. The molecule has 1 aliphatic carbocycles. The van der Waals surface area contributed by atoms with Crippen molar-refractivity contribution in [3.63, 3.8) is 0 Å². The predicted octanol–water partition coefficient (Wildman–Crippen LogP) is 0.714. The quantitative estimate of drug-likeness (QED) is 0.746. The summed E-state index contributed by atoms with van der Waals surface area (Å²) in [5, 5.41) is 3.25. The molecule has 4 heteroatoms. The topological polar surface area (TPSA) is 58.4 Å². The van der Waals surface area contributed by atoms with Gasteiger partial charge in [-0.3, -0.25) is 4.79 Å². The first-order chi connectivity index (χ1) is 8.04. The number of hydrogen-bond acceptors (Lipinski definition) is 3. The van der Waals surface area contributed by atoms with Gasteiger partial charge in [0.05, 0.1) is 5.92 Å². The molecule has 17 heavy (non-hydrogen) atoms. The Morgan fingerprint density at radius 3 is 2.76 bits per heavy atom. The summed E-state index contributed by atoms with van der Waals surface area (Å²) in [4.78, 5) is 14.5. The van der Waals surface area contributed by atoms with Gasteiger partial charge in [0.15, 0.2) is 0 Å². The molecule has 3 N–H and O–H groups in total. The number of nitrogens with zero attached hydrogens (tertiary/aromatic N) is 1. The molecule has 98 valence electrons. The SMILES string of the molecule is CNC1CCN(C(=O)C2CCCCC2(C)N)C1. The van der Waals surface area contributed by atoms with Crippen LogP contribution in [-0.2, 0) is 4.79 Å². The fraction of sp³-hybridized carbons (Fsp3) is 0.923. The standard InChI is InChI=1S/C13H25N3O/c1-13(14)7-4-3-5-11(13)12(17)16-8-6-10(9-16)15-2/h10-11,15H,3-9,14H2,1-2H3. The number of nitrogens with two attached hydrogens (primary N) is 1. The summed E-state index contributed by atoms with van der Waals surface area (Å²) in [5.74, 6) is 0.319.